The first-order valence-electron chi connectivity index (χ1n) is 6.42. The summed E-state index contributed by atoms with van der Waals surface area (Å²) in [5, 5.41) is 2.75. The Kier molecular flexibility index (Phi) is 4.82. The molecule has 104 valence electrons. The molecule has 0 bridgehead atoms. The maximum Gasteiger partial charge on any atom is 0.245 e. The quantitative estimate of drug-likeness (QED) is 0.905. The molecule has 1 aromatic rings. The van der Waals surface area contributed by atoms with Gasteiger partial charge in [0.25, 0.3) is 0 Å². The van der Waals surface area contributed by atoms with Crippen molar-refractivity contribution in [2.24, 2.45) is 0 Å². The summed E-state index contributed by atoms with van der Waals surface area (Å²) < 4.78 is 0.751. The van der Waals surface area contributed by atoms with Gasteiger partial charge in [0.15, 0.2) is 0 Å². The van der Waals surface area contributed by atoms with Crippen LogP contribution in [0.15, 0.2) is 12.1 Å². The molecule has 2 amide bonds. The summed E-state index contributed by atoms with van der Waals surface area (Å²) in [4.78, 5) is 26.6. The maximum absolute atomic E-state index is 12.2. The van der Waals surface area contributed by atoms with Crippen molar-refractivity contribution in [3.63, 3.8) is 0 Å². The van der Waals surface area contributed by atoms with Crippen LogP contribution in [0.2, 0.25) is 4.34 Å². The highest BCUT2D eigenvalue weighted by atomic mass is 35.5. The normalized spacial score (nSPS) is 19.7. The zero-order valence-electron chi connectivity index (χ0n) is 10.8. The number of hydrogen-bond donors (Lipinski definition) is 1. The van der Waals surface area contributed by atoms with E-state index in [1.54, 1.807) is 4.90 Å². The Morgan fingerprint density at radius 1 is 1.47 bits per heavy atom. The number of rotatable bonds is 5. The number of carbonyl (C=O) groups excluding carboxylic acids is 2. The molecule has 1 saturated heterocycles. The van der Waals surface area contributed by atoms with Crippen LogP contribution in [0.5, 0.6) is 0 Å². The molecule has 19 heavy (non-hydrogen) atoms. The third kappa shape index (κ3) is 3.70. The standard InChI is InChI=1S/C13H17ClN2O2S/c1-2-3-10-13(18)16(8-12(17)15-10)7-6-9-4-5-11(14)19-9/h4-5,10H,2-3,6-8H2,1H3,(H,15,17). The highest BCUT2D eigenvalue weighted by Gasteiger charge is 2.31. The number of nitrogens with zero attached hydrogens (tertiary/aromatic N) is 1. The number of nitrogens with one attached hydrogen (secondary N) is 1. The van der Waals surface area contributed by atoms with Gasteiger partial charge in [0, 0.05) is 11.4 Å². The van der Waals surface area contributed by atoms with Crippen LogP contribution in [0.25, 0.3) is 0 Å². The third-order valence-electron chi connectivity index (χ3n) is 3.11. The minimum atomic E-state index is -0.349. The second kappa shape index (κ2) is 6.39. The Balaban J connectivity index is 1.94. The molecule has 1 aliphatic rings. The van der Waals surface area contributed by atoms with Crippen LogP contribution in [-0.4, -0.2) is 35.8 Å². The van der Waals surface area contributed by atoms with Crippen molar-refractivity contribution in [1.29, 1.82) is 0 Å². The lowest BCUT2D eigenvalue weighted by molar-refractivity contribution is -0.144. The average Bonchev–Trinajstić information content (AvgIpc) is 2.78. The molecule has 0 radical (unpaired) electrons. The number of piperazine rings is 1. The Hall–Kier alpha value is -1.07. The molecule has 0 saturated carbocycles. The molecule has 4 nitrogen and oxygen atoms in total. The molecule has 1 atom stereocenters. The highest BCUT2D eigenvalue weighted by molar-refractivity contribution is 7.16. The van der Waals surface area contributed by atoms with Gasteiger partial charge in [-0.1, -0.05) is 24.9 Å². The van der Waals surface area contributed by atoms with Crippen LogP contribution < -0.4 is 5.32 Å². The lowest BCUT2D eigenvalue weighted by Crippen LogP contribution is -2.58. The van der Waals surface area contributed by atoms with E-state index in [9.17, 15) is 9.59 Å². The molecular formula is C13H17ClN2O2S. The third-order valence-corrected chi connectivity index (χ3v) is 4.40. The molecule has 0 aromatic carbocycles. The van der Waals surface area contributed by atoms with Crippen LogP contribution >= 0.6 is 22.9 Å². The summed E-state index contributed by atoms with van der Waals surface area (Å²) in [5.74, 6) is -0.0358. The summed E-state index contributed by atoms with van der Waals surface area (Å²) in [6.45, 7) is 2.74. The van der Waals surface area contributed by atoms with Gasteiger partial charge >= 0.3 is 0 Å². The second-order valence-corrected chi connectivity index (χ2v) is 6.42. The van der Waals surface area contributed by atoms with Crippen molar-refractivity contribution in [1.82, 2.24) is 10.2 Å². The van der Waals surface area contributed by atoms with Gasteiger partial charge in [-0.3, -0.25) is 9.59 Å². The number of amides is 2. The maximum atomic E-state index is 12.2. The van der Waals surface area contributed by atoms with E-state index in [4.69, 9.17) is 11.6 Å². The number of thiophene rings is 1. The molecule has 0 spiro atoms. The largest absolute Gasteiger partial charge is 0.343 e. The monoisotopic (exact) mass is 300 g/mol. The van der Waals surface area contributed by atoms with E-state index < -0.39 is 0 Å². The van der Waals surface area contributed by atoms with Crippen molar-refractivity contribution in [2.45, 2.75) is 32.2 Å². The van der Waals surface area contributed by atoms with Gasteiger partial charge in [0.2, 0.25) is 11.8 Å². The number of carbonyl (C=O) groups is 2. The first-order chi connectivity index (χ1) is 9.10. The van der Waals surface area contributed by atoms with Gasteiger partial charge in [-0.05, 0) is 25.0 Å². The minimum Gasteiger partial charge on any atom is -0.343 e. The topological polar surface area (TPSA) is 49.4 Å². The average molecular weight is 301 g/mol. The van der Waals surface area contributed by atoms with Gasteiger partial charge < -0.3 is 10.2 Å². The Bertz CT molecular complexity index is 475. The Labute approximate surface area is 121 Å². The van der Waals surface area contributed by atoms with Gasteiger partial charge in [0.1, 0.15) is 6.04 Å². The van der Waals surface area contributed by atoms with E-state index in [0.29, 0.717) is 13.0 Å². The van der Waals surface area contributed by atoms with Gasteiger partial charge in [-0.2, -0.15) is 0 Å². The van der Waals surface area contributed by atoms with Crippen molar-refractivity contribution in [3.05, 3.63) is 21.3 Å². The molecule has 1 fully saturated rings. The van der Waals surface area contributed by atoms with Crippen LogP contribution in [-0.2, 0) is 16.0 Å². The smallest absolute Gasteiger partial charge is 0.245 e. The molecule has 1 N–H and O–H groups in total. The van der Waals surface area contributed by atoms with Crippen molar-refractivity contribution >= 4 is 34.8 Å². The molecule has 1 aromatic heterocycles. The predicted octanol–water partition coefficient (Wildman–Crippen LogP) is 2.07. The van der Waals surface area contributed by atoms with E-state index in [2.05, 4.69) is 5.32 Å². The SMILES string of the molecule is CCCC1NC(=O)CN(CCc2ccc(Cl)s2)C1=O. The van der Waals surface area contributed by atoms with Crippen LogP contribution in [0.4, 0.5) is 0 Å². The molecule has 1 unspecified atom stereocenters. The summed E-state index contributed by atoms with van der Waals surface area (Å²) in [7, 11) is 0. The van der Waals surface area contributed by atoms with Crippen LogP contribution in [0, 0.1) is 0 Å². The summed E-state index contributed by atoms with van der Waals surface area (Å²) in [5.41, 5.74) is 0. The fraction of sp³-hybridized carbons (Fsp3) is 0.538. The van der Waals surface area contributed by atoms with Crippen LogP contribution in [0.3, 0.4) is 0 Å². The van der Waals surface area contributed by atoms with E-state index in [0.717, 1.165) is 22.1 Å². The summed E-state index contributed by atoms with van der Waals surface area (Å²) >= 11 is 7.39. The van der Waals surface area contributed by atoms with E-state index in [1.807, 2.05) is 19.1 Å². The van der Waals surface area contributed by atoms with Gasteiger partial charge in [0.05, 0.1) is 10.9 Å². The fourth-order valence-electron chi connectivity index (χ4n) is 2.18. The predicted molar refractivity (Wildman–Crippen MR) is 76.5 cm³/mol. The first-order valence-corrected chi connectivity index (χ1v) is 7.62. The molecule has 0 aliphatic carbocycles. The first kappa shape index (κ1) is 14.3. The molecule has 6 heteroatoms. The van der Waals surface area contributed by atoms with Crippen molar-refractivity contribution in [2.75, 3.05) is 13.1 Å². The van der Waals surface area contributed by atoms with E-state index in [-0.39, 0.29) is 24.4 Å². The summed E-state index contributed by atoms with van der Waals surface area (Å²) in [6.07, 6.45) is 2.33. The Morgan fingerprint density at radius 2 is 2.26 bits per heavy atom. The van der Waals surface area contributed by atoms with Gasteiger partial charge in [-0.15, -0.1) is 11.3 Å². The zero-order chi connectivity index (χ0) is 13.8. The summed E-state index contributed by atoms with van der Waals surface area (Å²) in [6, 6.07) is 3.47. The Morgan fingerprint density at radius 3 is 2.89 bits per heavy atom. The van der Waals surface area contributed by atoms with Crippen molar-refractivity contribution in [3.8, 4) is 0 Å². The second-order valence-electron chi connectivity index (χ2n) is 4.62. The van der Waals surface area contributed by atoms with Gasteiger partial charge in [-0.25, -0.2) is 0 Å². The molecule has 1 aliphatic heterocycles. The lowest BCUT2D eigenvalue weighted by atomic mass is 10.1. The van der Waals surface area contributed by atoms with Crippen LogP contribution in [0.1, 0.15) is 24.6 Å². The fourth-order valence-corrected chi connectivity index (χ4v) is 3.25. The lowest BCUT2D eigenvalue weighted by Gasteiger charge is -2.32. The minimum absolute atomic E-state index is 0.0316. The van der Waals surface area contributed by atoms with E-state index in [1.165, 1.54) is 11.3 Å². The molecular weight excluding hydrogens is 284 g/mol. The number of hydrogen-bond acceptors (Lipinski definition) is 3. The molecule has 2 heterocycles. The number of halogens is 1. The molecule has 2 rings (SSSR count). The van der Waals surface area contributed by atoms with Crippen molar-refractivity contribution < 1.29 is 9.59 Å². The van der Waals surface area contributed by atoms with E-state index >= 15 is 0 Å². The zero-order valence-corrected chi connectivity index (χ0v) is 12.4. The highest BCUT2D eigenvalue weighted by Crippen LogP contribution is 2.22.